The highest BCUT2D eigenvalue weighted by molar-refractivity contribution is 6.31. The lowest BCUT2D eigenvalue weighted by Crippen LogP contribution is -2.25. The van der Waals surface area contributed by atoms with Crippen LogP contribution >= 0.6 is 11.6 Å². The molecule has 0 aliphatic rings. The second-order valence-corrected chi connectivity index (χ2v) is 4.59. The summed E-state index contributed by atoms with van der Waals surface area (Å²) in [6, 6.07) is 0.238. The molecule has 1 N–H and O–H groups in total. The van der Waals surface area contributed by atoms with Crippen molar-refractivity contribution in [3.05, 3.63) is 16.9 Å². The summed E-state index contributed by atoms with van der Waals surface area (Å²) in [5, 5.41) is 8.41. The summed E-state index contributed by atoms with van der Waals surface area (Å²) >= 11 is 6.15. The summed E-state index contributed by atoms with van der Waals surface area (Å²) in [6.07, 6.45) is 1.72. The number of likely N-dealkylation sites (N-methyl/N-ethyl adjacent to an activating group) is 1. The van der Waals surface area contributed by atoms with E-state index in [1.807, 2.05) is 4.68 Å². The van der Waals surface area contributed by atoms with Crippen LogP contribution in [0.1, 0.15) is 25.6 Å². The van der Waals surface area contributed by atoms with Crippen molar-refractivity contribution >= 4 is 11.6 Å². The lowest BCUT2D eigenvalue weighted by atomic mass is 10.2. The first-order valence-electron chi connectivity index (χ1n) is 5.65. The lowest BCUT2D eigenvalue weighted by Gasteiger charge is -2.17. The summed E-state index contributed by atoms with van der Waals surface area (Å²) in [5.41, 5.74) is 1.07. The third kappa shape index (κ3) is 3.47. The van der Waals surface area contributed by atoms with Crippen molar-refractivity contribution in [2.24, 2.45) is 0 Å². The van der Waals surface area contributed by atoms with E-state index in [9.17, 15) is 0 Å². The SMILES string of the molecule is CCNC(C)c1c(Cl)cnn1CCN(C)C. The van der Waals surface area contributed by atoms with Crippen LogP contribution in [-0.4, -0.2) is 41.9 Å². The number of aromatic nitrogens is 2. The Morgan fingerprint density at radius 2 is 2.25 bits per heavy atom. The maximum atomic E-state index is 6.15. The fraction of sp³-hybridized carbons (Fsp3) is 0.727. The molecule has 1 rings (SSSR count). The van der Waals surface area contributed by atoms with E-state index in [-0.39, 0.29) is 6.04 Å². The van der Waals surface area contributed by atoms with Crippen LogP contribution in [-0.2, 0) is 6.54 Å². The van der Waals surface area contributed by atoms with Gasteiger partial charge in [-0.25, -0.2) is 0 Å². The molecule has 1 atom stereocenters. The minimum Gasteiger partial charge on any atom is -0.309 e. The van der Waals surface area contributed by atoms with Crippen molar-refractivity contribution in [2.75, 3.05) is 27.2 Å². The third-order valence-electron chi connectivity index (χ3n) is 2.51. The van der Waals surface area contributed by atoms with Gasteiger partial charge in [-0.15, -0.1) is 0 Å². The lowest BCUT2D eigenvalue weighted by molar-refractivity contribution is 0.364. The number of nitrogens with one attached hydrogen (secondary N) is 1. The third-order valence-corrected chi connectivity index (χ3v) is 2.80. The Morgan fingerprint density at radius 1 is 1.56 bits per heavy atom. The normalized spacial score (nSPS) is 13.4. The molecule has 0 aliphatic heterocycles. The molecule has 0 aliphatic carbocycles. The Bertz CT molecular complexity index is 322. The zero-order valence-corrected chi connectivity index (χ0v) is 11.3. The molecule has 0 spiro atoms. The predicted molar refractivity (Wildman–Crippen MR) is 67.9 cm³/mol. The van der Waals surface area contributed by atoms with E-state index >= 15 is 0 Å². The van der Waals surface area contributed by atoms with Crippen LogP contribution in [0.2, 0.25) is 5.02 Å². The second kappa shape index (κ2) is 6.23. The highest BCUT2D eigenvalue weighted by Gasteiger charge is 2.15. The number of hydrogen-bond donors (Lipinski definition) is 1. The minimum absolute atomic E-state index is 0.238. The van der Waals surface area contributed by atoms with E-state index in [4.69, 9.17) is 11.6 Å². The summed E-state index contributed by atoms with van der Waals surface area (Å²) in [7, 11) is 4.11. The Labute approximate surface area is 103 Å². The number of hydrogen-bond acceptors (Lipinski definition) is 3. The van der Waals surface area contributed by atoms with Crippen molar-refractivity contribution in [1.82, 2.24) is 20.0 Å². The molecular weight excluding hydrogens is 224 g/mol. The van der Waals surface area contributed by atoms with Crippen molar-refractivity contribution in [1.29, 1.82) is 0 Å². The van der Waals surface area contributed by atoms with Gasteiger partial charge >= 0.3 is 0 Å². The van der Waals surface area contributed by atoms with Gasteiger partial charge < -0.3 is 10.2 Å². The first-order valence-corrected chi connectivity index (χ1v) is 6.03. The molecule has 0 aromatic carbocycles. The number of nitrogens with zero attached hydrogens (tertiary/aromatic N) is 3. The van der Waals surface area contributed by atoms with Gasteiger partial charge in [-0.2, -0.15) is 5.10 Å². The average Bonchev–Trinajstić information content (AvgIpc) is 2.57. The Hall–Kier alpha value is -0.580. The van der Waals surface area contributed by atoms with Crippen LogP contribution in [0.25, 0.3) is 0 Å². The van der Waals surface area contributed by atoms with Gasteiger partial charge in [0.15, 0.2) is 0 Å². The fourth-order valence-electron chi connectivity index (χ4n) is 1.68. The van der Waals surface area contributed by atoms with Crippen LogP contribution in [0.3, 0.4) is 0 Å². The van der Waals surface area contributed by atoms with E-state index in [2.05, 4.69) is 43.3 Å². The van der Waals surface area contributed by atoms with Crippen LogP contribution in [0, 0.1) is 0 Å². The fourth-order valence-corrected chi connectivity index (χ4v) is 1.98. The van der Waals surface area contributed by atoms with Crippen molar-refractivity contribution in [2.45, 2.75) is 26.4 Å². The van der Waals surface area contributed by atoms with E-state index in [1.165, 1.54) is 0 Å². The standard InChI is InChI=1S/C11H21ClN4/c1-5-13-9(2)11-10(12)8-14-16(11)7-6-15(3)4/h8-9,13H,5-7H2,1-4H3. The molecule has 0 saturated carbocycles. The predicted octanol–water partition coefficient (Wildman–Crippen LogP) is 1.77. The van der Waals surface area contributed by atoms with Gasteiger partial charge in [0.25, 0.3) is 0 Å². The maximum absolute atomic E-state index is 6.15. The molecular formula is C11H21ClN4. The first kappa shape index (κ1) is 13.5. The zero-order valence-electron chi connectivity index (χ0n) is 10.5. The molecule has 1 unspecified atom stereocenters. The molecule has 16 heavy (non-hydrogen) atoms. The van der Waals surface area contributed by atoms with E-state index in [0.29, 0.717) is 0 Å². The van der Waals surface area contributed by atoms with Crippen LogP contribution in [0.4, 0.5) is 0 Å². The topological polar surface area (TPSA) is 33.1 Å². The van der Waals surface area contributed by atoms with Crippen LogP contribution < -0.4 is 5.32 Å². The Kier molecular flexibility index (Phi) is 5.25. The number of rotatable bonds is 6. The van der Waals surface area contributed by atoms with Crippen LogP contribution in [0.15, 0.2) is 6.20 Å². The van der Waals surface area contributed by atoms with E-state index in [0.717, 1.165) is 30.4 Å². The van der Waals surface area contributed by atoms with Crippen molar-refractivity contribution < 1.29 is 0 Å². The van der Waals surface area contributed by atoms with Crippen LogP contribution in [0.5, 0.6) is 0 Å². The van der Waals surface area contributed by atoms with Crippen molar-refractivity contribution in [3.8, 4) is 0 Å². The first-order chi connectivity index (χ1) is 7.56. The highest BCUT2D eigenvalue weighted by Crippen LogP contribution is 2.22. The molecule has 0 radical (unpaired) electrons. The minimum atomic E-state index is 0.238. The zero-order chi connectivity index (χ0) is 12.1. The molecule has 5 heteroatoms. The molecule has 1 heterocycles. The molecule has 92 valence electrons. The van der Waals surface area contributed by atoms with Gasteiger partial charge in [0, 0.05) is 12.6 Å². The van der Waals surface area contributed by atoms with Crippen molar-refractivity contribution in [3.63, 3.8) is 0 Å². The van der Waals surface area contributed by atoms with Gasteiger partial charge in [-0.1, -0.05) is 18.5 Å². The molecule has 1 aromatic rings. The van der Waals surface area contributed by atoms with Gasteiger partial charge in [0.1, 0.15) is 0 Å². The molecule has 0 fully saturated rings. The quantitative estimate of drug-likeness (QED) is 0.828. The van der Waals surface area contributed by atoms with Gasteiger partial charge in [0.2, 0.25) is 0 Å². The second-order valence-electron chi connectivity index (χ2n) is 4.18. The highest BCUT2D eigenvalue weighted by atomic mass is 35.5. The largest absolute Gasteiger partial charge is 0.309 e. The molecule has 4 nitrogen and oxygen atoms in total. The molecule has 0 amide bonds. The summed E-state index contributed by atoms with van der Waals surface area (Å²) in [4.78, 5) is 2.14. The van der Waals surface area contributed by atoms with Gasteiger partial charge in [0.05, 0.1) is 23.5 Å². The smallest absolute Gasteiger partial charge is 0.0834 e. The van der Waals surface area contributed by atoms with Gasteiger partial charge in [-0.05, 0) is 27.6 Å². The average molecular weight is 245 g/mol. The summed E-state index contributed by atoms with van der Waals surface area (Å²) < 4.78 is 1.98. The van der Waals surface area contributed by atoms with Gasteiger partial charge in [-0.3, -0.25) is 4.68 Å². The Morgan fingerprint density at radius 3 is 2.81 bits per heavy atom. The molecule has 0 saturated heterocycles. The number of halogens is 1. The Balaban J connectivity index is 2.76. The molecule has 1 aromatic heterocycles. The maximum Gasteiger partial charge on any atom is 0.0834 e. The molecule has 0 bridgehead atoms. The summed E-state index contributed by atoms with van der Waals surface area (Å²) in [5.74, 6) is 0. The monoisotopic (exact) mass is 244 g/mol. The van der Waals surface area contributed by atoms with E-state index < -0.39 is 0 Å². The summed E-state index contributed by atoms with van der Waals surface area (Å²) in [6.45, 7) is 6.95. The van der Waals surface area contributed by atoms with E-state index in [1.54, 1.807) is 6.20 Å².